The van der Waals surface area contributed by atoms with Gasteiger partial charge in [-0.3, -0.25) is 0 Å². The summed E-state index contributed by atoms with van der Waals surface area (Å²) in [7, 11) is 0. The van der Waals surface area contributed by atoms with Gasteiger partial charge in [0.2, 0.25) is 0 Å². The molecule has 0 fully saturated rings. The highest BCUT2D eigenvalue weighted by Gasteiger charge is 2.11. The molecule has 0 amide bonds. The van der Waals surface area contributed by atoms with Crippen molar-refractivity contribution in [3.05, 3.63) is 81.3 Å². The van der Waals surface area contributed by atoms with Crippen molar-refractivity contribution in [2.24, 2.45) is 5.73 Å². The zero-order chi connectivity index (χ0) is 14.8. The van der Waals surface area contributed by atoms with Crippen molar-refractivity contribution in [3.8, 4) is 0 Å². The third-order valence-corrected chi connectivity index (χ3v) is 4.55. The van der Waals surface area contributed by atoms with Crippen LogP contribution >= 0.6 is 27.5 Å². The van der Waals surface area contributed by atoms with E-state index in [1.165, 1.54) is 16.3 Å². The van der Waals surface area contributed by atoms with Crippen LogP contribution in [0.3, 0.4) is 0 Å². The van der Waals surface area contributed by atoms with E-state index in [1.54, 1.807) is 0 Å². The van der Waals surface area contributed by atoms with Crippen molar-refractivity contribution in [3.63, 3.8) is 0 Å². The van der Waals surface area contributed by atoms with Crippen LogP contribution in [-0.2, 0) is 6.42 Å². The summed E-state index contributed by atoms with van der Waals surface area (Å²) in [6.45, 7) is 0. The minimum absolute atomic E-state index is 0.0576. The third-order valence-electron chi connectivity index (χ3n) is 3.63. The molecule has 0 aliphatic carbocycles. The molecule has 3 aromatic carbocycles. The highest BCUT2D eigenvalue weighted by atomic mass is 79.9. The fourth-order valence-corrected chi connectivity index (χ4v) is 3.51. The Morgan fingerprint density at radius 3 is 2.48 bits per heavy atom. The summed E-state index contributed by atoms with van der Waals surface area (Å²) >= 11 is 9.51. The standard InChI is InChI=1S/C18H15BrClN/c19-17-11-15(20)7-8-16(17)18(21)10-12-5-6-13-3-1-2-4-14(13)9-12/h1-9,11,18H,10,21H2. The van der Waals surface area contributed by atoms with Crippen LogP contribution in [0.2, 0.25) is 5.02 Å². The van der Waals surface area contributed by atoms with Crippen LogP contribution in [-0.4, -0.2) is 0 Å². The van der Waals surface area contributed by atoms with E-state index in [2.05, 4.69) is 58.4 Å². The molecule has 3 heteroatoms. The van der Waals surface area contributed by atoms with Crippen molar-refractivity contribution in [2.75, 3.05) is 0 Å². The second kappa shape index (κ2) is 6.18. The van der Waals surface area contributed by atoms with Crippen LogP contribution in [0.4, 0.5) is 0 Å². The zero-order valence-corrected chi connectivity index (χ0v) is 13.7. The molecule has 106 valence electrons. The van der Waals surface area contributed by atoms with Gasteiger partial charge in [0.15, 0.2) is 0 Å². The average molecular weight is 361 g/mol. The van der Waals surface area contributed by atoms with E-state index in [-0.39, 0.29) is 6.04 Å². The lowest BCUT2D eigenvalue weighted by molar-refractivity contribution is 0.719. The molecule has 0 spiro atoms. The van der Waals surface area contributed by atoms with Crippen molar-refractivity contribution < 1.29 is 0 Å². The van der Waals surface area contributed by atoms with E-state index in [1.807, 2.05) is 18.2 Å². The molecule has 0 aromatic heterocycles. The summed E-state index contributed by atoms with van der Waals surface area (Å²) in [6, 6.07) is 20.5. The Balaban J connectivity index is 1.87. The minimum Gasteiger partial charge on any atom is -0.324 e. The summed E-state index contributed by atoms with van der Waals surface area (Å²) in [5, 5.41) is 3.21. The topological polar surface area (TPSA) is 26.0 Å². The van der Waals surface area contributed by atoms with E-state index in [9.17, 15) is 0 Å². The van der Waals surface area contributed by atoms with Gasteiger partial charge >= 0.3 is 0 Å². The Bertz CT molecular complexity index is 785. The van der Waals surface area contributed by atoms with Crippen molar-refractivity contribution >= 4 is 38.3 Å². The van der Waals surface area contributed by atoms with Crippen LogP contribution in [0.15, 0.2) is 65.1 Å². The number of rotatable bonds is 3. The largest absolute Gasteiger partial charge is 0.324 e. The van der Waals surface area contributed by atoms with Gasteiger partial charge in [0.05, 0.1) is 0 Å². The Labute approximate surface area is 137 Å². The predicted octanol–water partition coefficient (Wildman–Crippen LogP) is 5.50. The predicted molar refractivity (Wildman–Crippen MR) is 93.7 cm³/mol. The van der Waals surface area contributed by atoms with Gasteiger partial charge in [-0.1, -0.05) is 76.1 Å². The lowest BCUT2D eigenvalue weighted by Crippen LogP contribution is -2.13. The summed E-state index contributed by atoms with van der Waals surface area (Å²) in [4.78, 5) is 0. The normalized spacial score (nSPS) is 12.5. The molecular formula is C18H15BrClN. The maximum absolute atomic E-state index is 6.35. The molecule has 1 atom stereocenters. The lowest BCUT2D eigenvalue weighted by atomic mass is 9.98. The maximum Gasteiger partial charge on any atom is 0.0417 e. The van der Waals surface area contributed by atoms with Crippen LogP contribution < -0.4 is 5.73 Å². The molecule has 3 aromatic rings. The molecule has 0 aliphatic heterocycles. The number of hydrogen-bond acceptors (Lipinski definition) is 1. The number of hydrogen-bond donors (Lipinski definition) is 1. The van der Waals surface area contributed by atoms with Crippen LogP contribution in [0, 0.1) is 0 Å². The van der Waals surface area contributed by atoms with Gasteiger partial charge in [0.1, 0.15) is 0 Å². The van der Waals surface area contributed by atoms with E-state index in [4.69, 9.17) is 17.3 Å². The van der Waals surface area contributed by atoms with Crippen molar-refractivity contribution in [2.45, 2.75) is 12.5 Å². The summed E-state index contributed by atoms with van der Waals surface area (Å²) in [5.41, 5.74) is 8.66. The minimum atomic E-state index is -0.0576. The first-order valence-electron chi connectivity index (χ1n) is 6.82. The number of halogens is 2. The van der Waals surface area contributed by atoms with E-state index < -0.39 is 0 Å². The monoisotopic (exact) mass is 359 g/mol. The summed E-state index contributed by atoms with van der Waals surface area (Å²) < 4.78 is 0.961. The Hall–Kier alpha value is -1.35. The highest BCUT2D eigenvalue weighted by molar-refractivity contribution is 9.10. The fraction of sp³-hybridized carbons (Fsp3) is 0.111. The molecule has 0 aliphatic rings. The fourth-order valence-electron chi connectivity index (χ4n) is 2.53. The first-order valence-corrected chi connectivity index (χ1v) is 7.99. The maximum atomic E-state index is 6.35. The van der Waals surface area contributed by atoms with Crippen molar-refractivity contribution in [1.29, 1.82) is 0 Å². The number of benzene rings is 3. The average Bonchev–Trinajstić information content (AvgIpc) is 2.47. The number of nitrogens with two attached hydrogens (primary N) is 1. The molecule has 21 heavy (non-hydrogen) atoms. The molecule has 2 N–H and O–H groups in total. The smallest absolute Gasteiger partial charge is 0.0417 e. The van der Waals surface area contributed by atoms with Crippen LogP contribution in [0.1, 0.15) is 17.2 Å². The lowest BCUT2D eigenvalue weighted by Gasteiger charge is -2.15. The SMILES string of the molecule is NC(Cc1ccc2ccccc2c1)c1ccc(Cl)cc1Br. The molecule has 3 rings (SSSR count). The van der Waals surface area contributed by atoms with Crippen LogP contribution in [0.5, 0.6) is 0 Å². The van der Waals surface area contributed by atoms with E-state index in [0.717, 1.165) is 16.5 Å². The molecule has 1 unspecified atom stereocenters. The van der Waals surface area contributed by atoms with Crippen LogP contribution in [0.25, 0.3) is 10.8 Å². The van der Waals surface area contributed by atoms with Gasteiger partial charge < -0.3 is 5.73 Å². The quantitative estimate of drug-likeness (QED) is 0.656. The molecule has 0 saturated carbocycles. The van der Waals surface area contributed by atoms with Gasteiger partial charge in [0.25, 0.3) is 0 Å². The number of fused-ring (bicyclic) bond motifs is 1. The molecule has 1 nitrogen and oxygen atoms in total. The van der Waals surface area contributed by atoms with Gasteiger partial charge in [-0.05, 0) is 40.5 Å². The van der Waals surface area contributed by atoms with Gasteiger partial charge in [-0.25, -0.2) is 0 Å². The van der Waals surface area contributed by atoms with E-state index in [0.29, 0.717) is 5.02 Å². The molecule has 0 saturated heterocycles. The Morgan fingerprint density at radius 1 is 0.952 bits per heavy atom. The van der Waals surface area contributed by atoms with E-state index >= 15 is 0 Å². The third kappa shape index (κ3) is 3.29. The summed E-state index contributed by atoms with van der Waals surface area (Å²) in [6.07, 6.45) is 0.797. The van der Waals surface area contributed by atoms with Gasteiger partial charge in [-0.2, -0.15) is 0 Å². The highest BCUT2D eigenvalue weighted by Crippen LogP contribution is 2.28. The molecule has 0 radical (unpaired) electrons. The first kappa shape index (κ1) is 14.6. The Kier molecular flexibility index (Phi) is 4.29. The van der Waals surface area contributed by atoms with Gasteiger partial charge in [-0.15, -0.1) is 0 Å². The second-order valence-corrected chi connectivity index (χ2v) is 6.45. The van der Waals surface area contributed by atoms with Gasteiger partial charge in [0, 0.05) is 15.5 Å². The molecular weight excluding hydrogens is 346 g/mol. The second-order valence-electron chi connectivity index (χ2n) is 5.16. The Morgan fingerprint density at radius 2 is 1.71 bits per heavy atom. The first-order chi connectivity index (χ1) is 10.1. The molecule has 0 heterocycles. The molecule has 0 bridgehead atoms. The summed E-state index contributed by atoms with van der Waals surface area (Å²) in [5.74, 6) is 0. The zero-order valence-electron chi connectivity index (χ0n) is 11.4. The van der Waals surface area contributed by atoms with Crippen molar-refractivity contribution in [1.82, 2.24) is 0 Å².